The van der Waals surface area contributed by atoms with E-state index in [9.17, 15) is 9.00 Å². The van der Waals surface area contributed by atoms with E-state index in [0.717, 1.165) is 12.8 Å². The minimum absolute atomic E-state index is 0.00921. The maximum Gasteiger partial charge on any atom is 0.233 e. The monoisotopic (exact) mass is 294 g/mol. The van der Waals surface area contributed by atoms with Gasteiger partial charge in [-0.15, -0.1) is 0 Å². The molecule has 1 atom stereocenters. The molecule has 5 heteroatoms. The summed E-state index contributed by atoms with van der Waals surface area (Å²) in [7, 11) is -1.37. The summed E-state index contributed by atoms with van der Waals surface area (Å²) in [6.07, 6.45) is 6.90. The van der Waals surface area contributed by atoms with Gasteiger partial charge in [-0.1, -0.05) is 37.8 Å². The fourth-order valence-corrected chi connectivity index (χ4v) is 3.62. The van der Waals surface area contributed by atoms with Crippen molar-refractivity contribution in [2.45, 2.75) is 49.5 Å². The Bertz CT molecular complexity index is 483. The molecule has 2 rings (SSSR count). The van der Waals surface area contributed by atoms with Crippen molar-refractivity contribution in [1.29, 1.82) is 0 Å². The average molecular weight is 294 g/mol. The number of carbonyl (C=O) groups excluding carboxylic acids is 1. The number of nitrogen functional groups attached to an aromatic ring is 1. The van der Waals surface area contributed by atoms with Crippen LogP contribution in [0.2, 0.25) is 0 Å². The quantitative estimate of drug-likeness (QED) is 0.660. The van der Waals surface area contributed by atoms with Crippen LogP contribution >= 0.6 is 0 Å². The number of hydrogen-bond acceptors (Lipinski definition) is 3. The number of benzene rings is 1. The molecule has 0 spiro atoms. The Hall–Kier alpha value is -1.36. The third kappa shape index (κ3) is 4.34. The predicted octanol–water partition coefficient (Wildman–Crippen LogP) is 2.22. The van der Waals surface area contributed by atoms with E-state index in [0.29, 0.717) is 10.6 Å². The molecule has 0 radical (unpaired) electrons. The van der Waals surface area contributed by atoms with Crippen LogP contribution < -0.4 is 11.1 Å². The van der Waals surface area contributed by atoms with Crippen LogP contribution in [0.3, 0.4) is 0 Å². The van der Waals surface area contributed by atoms with Crippen LogP contribution in [0.15, 0.2) is 29.2 Å². The minimum Gasteiger partial charge on any atom is -0.398 e. The Morgan fingerprint density at radius 1 is 1.20 bits per heavy atom. The first-order valence-corrected chi connectivity index (χ1v) is 8.51. The van der Waals surface area contributed by atoms with Gasteiger partial charge in [0, 0.05) is 11.7 Å². The number of anilines is 1. The lowest BCUT2D eigenvalue weighted by Gasteiger charge is -2.16. The topological polar surface area (TPSA) is 72.2 Å². The molecule has 1 fully saturated rings. The molecule has 1 aliphatic carbocycles. The maximum absolute atomic E-state index is 12.2. The van der Waals surface area contributed by atoms with E-state index >= 15 is 0 Å². The summed E-state index contributed by atoms with van der Waals surface area (Å²) in [4.78, 5) is 12.5. The Balaban J connectivity index is 1.87. The van der Waals surface area contributed by atoms with Crippen LogP contribution in [-0.4, -0.2) is 21.9 Å². The predicted molar refractivity (Wildman–Crippen MR) is 81.8 cm³/mol. The fourth-order valence-electron chi connectivity index (χ4n) is 2.58. The van der Waals surface area contributed by atoms with Crippen molar-refractivity contribution in [1.82, 2.24) is 5.32 Å². The van der Waals surface area contributed by atoms with E-state index in [1.165, 1.54) is 25.7 Å². The van der Waals surface area contributed by atoms with Crippen molar-refractivity contribution < 1.29 is 9.00 Å². The third-order valence-corrected chi connectivity index (χ3v) is 5.03. The Kier molecular flexibility index (Phi) is 5.59. The van der Waals surface area contributed by atoms with E-state index in [1.54, 1.807) is 24.3 Å². The first kappa shape index (κ1) is 15.0. The molecule has 20 heavy (non-hydrogen) atoms. The van der Waals surface area contributed by atoms with Gasteiger partial charge < -0.3 is 11.1 Å². The molecule has 0 aromatic heterocycles. The van der Waals surface area contributed by atoms with Gasteiger partial charge in [0.05, 0.1) is 15.7 Å². The smallest absolute Gasteiger partial charge is 0.233 e. The van der Waals surface area contributed by atoms with Crippen LogP contribution in [-0.2, 0) is 15.6 Å². The van der Waals surface area contributed by atoms with Gasteiger partial charge in [0.15, 0.2) is 0 Å². The van der Waals surface area contributed by atoms with Crippen LogP contribution in [0.5, 0.6) is 0 Å². The van der Waals surface area contributed by atoms with E-state index in [-0.39, 0.29) is 17.7 Å². The maximum atomic E-state index is 12.2. The second-order valence-corrected chi connectivity index (χ2v) is 6.70. The minimum atomic E-state index is -1.37. The summed E-state index contributed by atoms with van der Waals surface area (Å²) in [5.41, 5.74) is 6.26. The molecule has 0 aliphatic heterocycles. The molecular formula is C15H22N2O2S. The normalized spacial score (nSPS) is 18.2. The van der Waals surface area contributed by atoms with Gasteiger partial charge in [-0.2, -0.15) is 0 Å². The summed E-state index contributed by atoms with van der Waals surface area (Å²) in [5, 5.41) is 3.01. The van der Waals surface area contributed by atoms with Crippen molar-refractivity contribution in [3.8, 4) is 0 Å². The largest absolute Gasteiger partial charge is 0.398 e. The van der Waals surface area contributed by atoms with E-state index < -0.39 is 10.8 Å². The van der Waals surface area contributed by atoms with E-state index in [2.05, 4.69) is 5.32 Å². The second-order valence-electron chi connectivity index (χ2n) is 5.28. The fraction of sp³-hybridized carbons (Fsp3) is 0.533. The number of nitrogens with one attached hydrogen (secondary N) is 1. The van der Waals surface area contributed by atoms with Gasteiger partial charge in [0.25, 0.3) is 0 Å². The number of para-hydroxylation sites is 1. The lowest BCUT2D eigenvalue weighted by Crippen LogP contribution is -2.37. The summed E-state index contributed by atoms with van der Waals surface area (Å²) < 4.78 is 12.2. The number of carbonyl (C=O) groups is 1. The Morgan fingerprint density at radius 3 is 2.50 bits per heavy atom. The van der Waals surface area contributed by atoms with Crippen molar-refractivity contribution >= 4 is 22.4 Å². The lowest BCUT2D eigenvalue weighted by atomic mass is 10.1. The van der Waals surface area contributed by atoms with Gasteiger partial charge in [-0.05, 0) is 25.0 Å². The van der Waals surface area contributed by atoms with E-state index in [1.807, 2.05) is 0 Å². The number of amides is 1. The van der Waals surface area contributed by atoms with Crippen molar-refractivity contribution in [3.63, 3.8) is 0 Å². The second kappa shape index (κ2) is 7.43. The SMILES string of the molecule is Nc1ccccc1S(=O)CC(=O)NC1CCCCCC1. The van der Waals surface area contributed by atoms with Gasteiger partial charge in [-0.3, -0.25) is 9.00 Å². The zero-order chi connectivity index (χ0) is 14.4. The lowest BCUT2D eigenvalue weighted by molar-refractivity contribution is -0.119. The van der Waals surface area contributed by atoms with Gasteiger partial charge >= 0.3 is 0 Å². The average Bonchev–Trinajstić information content (AvgIpc) is 2.67. The number of hydrogen-bond donors (Lipinski definition) is 2. The molecule has 1 aromatic rings. The summed E-state index contributed by atoms with van der Waals surface area (Å²) in [5.74, 6) is -0.150. The van der Waals surface area contributed by atoms with Gasteiger partial charge in [0.2, 0.25) is 5.91 Å². The molecule has 110 valence electrons. The highest BCUT2D eigenvalue weighted by atomic mass is 32.2. The molecule has 0 heterocycles. The Labute approximate surface area is 122 Å². The molecule has 0 bridgehead atoms. The third-order valence-electron chi connectivity index (χ3n) is 3.65. The number of rotatable bonds is 4. The van der Waals surface area contributed by atoms with Crippen LogP contribution in [0, 0.1) is 0 Å². The molecule has 3 N–H and O–H groups in total. The molecule has 4 nitrogen and oxygen atoms in total. The molecule has 1 aromatic carbocycles. The Morgan fingerprint density at radius 2 is 1.85 bits per heavy atom. The van der Waals surface area contributed by atoms with Crippen molar-refractivity contribution in [2.24, 2.45) is 0 Å². The van der Waals surface area contributed by atoms with Gasteiger partial charge in [-0.25, -0.2) is 0 Å². The molecule has 1 amide bonds. The summed E-state index contributed by atoms with van der Waals surface area (Å²) in [6.45, 7) is 0. The van der Waals surface area contributed by atoms with Crippen LogP contribution in [0.25, 0.3) is 0 Å². The molecule has 0 saturated heterocycles. The first-order valence-electron chi connectivity index (χ1n) is 7.19. The molecule has 1 aliphatic rings. The van der Waals surface area contributed by atoms with E-state index in [4.69, 9.17) is 5.73 Å². The van der Waals surface area contributed by atoms with Crippen LogP contribution in [0.4, 0.5) is 5.69 Å². The highest BCUT2D eigenvalue weighted by molar-refractivity contribution is 7.86. The van der Waals surface area contributed by atoms with Crippen molar-refractivity contribution in [2.75, 3.05) is 11.5 Å². The molecular weight excluding hydrogens is 272 g/mol. The molecule has 1 unspecified atom stereocenters. The summed E-state index contributed by atoms with van der Waals surface area (Å²) in [6, 6.07) is 7.24. The standard InChI is InChI=1S/C15H22N2O2S/c16-13-9-5-6-10-14(13)20(19)11-15(18)17-12-7-3-1-2-4-8-12/h5-6,9-10,12H,1-4,7-8,11,16H2,(H,17,18). The number of nitrogens with two attached hydrogens (primary N) is 1. The van der Waals surface area contributed by atoms with Crippen molar-refractivity contribution in [3.05, 3.63) is 24.3 Å². The highest BCUT2D eigenvalue weighted by Crippen LogP contribution is 2.18. The zero-order valence-corrected chi connectivity index (χ0v) is 12.5. The first-order chi connectivity index (χ1) is 9.66. The summed E-state index contributed by atoms with van der Waals surface area (Å²) >= 11 is 0. The molecule has 1 saturated carbocycles. The van der Waals surface area contributed by atoms with Crippen LogP contribution in [0.1, 0.15) is 38.5 Å². The zero-order valence-electron chi connectivity index (χ0n) is 11.6. The van der Waals surface area contributed by atoms with Gasteiger partial charge in [0.1, 0.15) is 5.75 Å². The highest BCUT2D eigenvalue weighted by Gasteiger charge is 2.17.